The number of nitrogens with one attached hydrogen (secondary N) is 1. The molecule has 0 unspecified atom stereocenters. The molecule has 0 spiro atoms. The minimum atomic E-state index is -3.49. The summed E-state index contributed by atoms with van der Waals surface area (Å²) in [5.41, 5.74) is 1.20. The zero-order chi connectivity index (χ0) is 16.8. The van der Waals surface area contributed by atoms with E-state index in [2.05, 4.69) is 20.2 Å². The first kappa shape index (κ1) is 15.9. The van der Waals surface area contributed by atoms with Gasteiger partial charge in [0.15, 0.2) is 0 Å². The number of hydrogen-bond acceptors (Lipinski definition) is 6. The molecule has 9 heteroatoms. The lowest BCUT2D eigenvalue weighted by Crippen LogP contribution is -2.21. The SMILES string of the molecule is O=S(=O)(CCOc1ccccc1)Nc1ccc(-n2cnnn2)cc1. The molecule has 24 heavy (non-hydrogen) atoms. The Labute approximate surface area is 139 Å². The Morgan fingerprint density at radius 1 is 1.04 bits per heavy atom. The molecule has 1 heterocycles. The van der Waals surface area contributed by atoms with Gasteiger partial charge in [-0.15, -0.1) is 5.10 Å². The van der Waals surface area contributed by atoms with Crippen LogP contribution in [0.2, 0.25) is 0 Å². The second-order valence-electron chi connectivity index (χ2n) is 4.88. The van der Waals surface area contributed by atoms with E-state index in [-0.39, 0.29) is 12.4 Å². The van der Waals surface area contributed by atoms with Crippen molar-refractivity contribution < 1.29 is 13.2 Å². The van der Waals surface area contributed by atoms with Crippen LogP contribution in [-0.2, 0) is 10.0 Å². The largest absolute Gasteiger partial charge is 0.492 e. The normalized spacial score (nSPS) is 11.2. The van der Waals surface area contributed by atoms with Gasteiger partial charge in [0.05, 0.1) is 5.69 Å². The van der Waals surface area contributed by atoms with Gasteiger partial charge in [0, 0.05) is 5.69 Å². The molecule has 0 atom stereocenters. The number of aromatic nitrogens is 4. The van der Waals surface area contributed by atoms with Crippen LogP contribution in [0.3, 0.4) is 0 Å². The van der Waals surface area contributed by atoms with E-state index in [1.54, 1.807) is 36.4 Å². The van der Waals surface area contributed by atoms with Crippen molar-refractivity contribution >= 4 is 15.7 Å². The molecule has 1 N–H and O–H groups in total. The number of benzene rings is 2. The summed E-state index contributed by atoms with van der Waals surface area (Å²) in [6, 6.07) is 15.8. The lowest BCUT2D eigenvalue weighted by Gasteiger charge is -2.10. The van der Waals surface area contributed by atoms with Crippen molar-refractivity contribution in [3.8, 4) is 11.4 Å². The average Bonchev–Trinajstić information content (AvgIpc) is 3.10. The van der Waals surface area contributed by atoms with Gasteiger partial charge in [-0.25, -0.2) is 13.1 Å². The van der Waals surface area contributed by atoms with E-state index in [1.807, 2.05) is 18.2 Å². The average molecular weight is 345 g/mol. The topological polar surface area (TPSA) is 99.0 Å². The molecule has 0 bridgehead atoms. The molecule has 2 aromatic carbocycles. The van der Waals surface area contributed by atoms with Crippen molar-refractivity contribution in [3.63, 3.8) is 0 Å². The standard InChI is InChI=1S/C15H15N5O3S/c21-24(22,11-10-23-15-4-2-1-3-5-15)17-13-6-8-14(9-7-13)20-12-16-18-19-20/h1-9,12,17H,10-11H2. The lowest BCUT2D eigenvalue weighted by molar-refractivity contribution is 0.341. The molecule has 3 rings (SSSR count). The van der Waals surface area contributed by atoms with Gasteiger partial charge in [-0.2, -0.15) is 0 Å². The number of sulfonamides is 1. The first-order valence-corrected chi connectivity index (χ1v) is 8.79. The van der Waals surface area contributed by atoms with Gasteiger partial charge in [0.1, 0.15) is 24.4 Å². The zero-order valence-corrected chi connectivity index (χ0v) is 13.4. The van der Waals surface area contributed by atoms with Gasteiger partial charge in [-0.3, -0.25) is 4.72 Å². The van der Waals surface area contributed by atoms with E-state index in [4.69, 9.17) is 4.74 Å². The Kier molecular flexibility index (Phi) is 4.71. The monoisotopic (exact) mass is 345 g/mol. The Bertz CT molecular complexity index is 865. The van der Waals surface area contributed by atoms with E-state index in [9.17, 15) is 8.42 Å². The van der Waals surface area contributed by atoms with E-state index in [0.29, 0.717) is 11.4 Å². The predicted molar refractivity (Wildman–Crippen MR) is 88.5 cm³/mol. The number of para-hydroxylation sites is 1. The molecule has 0 amide bonds. The number of nitrogens with zero attached hydrogens (tertiary/aromatic N) is 4. The van der Waals surface area contributed by atoms with E-state index < -0.39 is 10.0 Å². The highest BCUT2D eigenvalue weighted by molar-refractivity contribution is 7.92. The smallest absolute Gasteiger partial charge is 0.236 e. The van der Waals surface area contributed by atoms with Crippen LogP contribution in [0.4, 0.5) is 5.69 Å². The molecule has 0 saturated carbocycles. The maximum atomic E-state index is 12.1. The Morgan fingerprint density at radius 2 is 1.79 bits per heavy atom. The molecule has 3 aromatic rings. The first-order valence-electron chi connectivity index (χ1n) is 7.14. The number of ether oxygens (including phenoxy) is 1. The highest BCUT2D eigenvalue weighted by Gasteiger charge is 2.11. The van der Waals surface area contributed by atoms with E-state index >= 15 is 0 Å². The van der Waals surface area contributed by atoms with E-state index in [0.717, 1.165) is 5.69 Å². The van der Waals surface area contributed by atoms with Gasteiger partial charge in [-0.1, -0.05) is 18.2 Å². The fourth-order valence-electron chi connectivity index (χ4n) is 1.98. The fraction of sp³-hybridized carbons (Fsp3) is 0.133. The van der Waals surface area contributed by atoms with Crippen LogP contribution < -0.4 is 9.46 Å². The van der Waals surface area contributed by atoms with Crippen LogP contribution in [0.15, 0.2) is 60.9 Å². The first-order chi connectivity index (χ1) is 11.6. The Hall–Kier alpha value is -2.94. The second kappa shape index (κ2) is 7.09. The minimum absolute atomic E-state index is 0.0715. The van der Waals surface area contributed by atoms with Crippen LogP contribution >= 0.6 is 0 Å². The van der Waals surface area contributed by atoms with Crippen molar-refractivity contribution in [1.29, 1.82) is 0 Å². The summed E-state index contributed by atoms with van der Waals surface area (Å²) in [6.45, 7) is 0.0715. The number of tetrazole rings is 1. The van der Waals surface area contributed by atoms with Gasteiger partial charge >= 0.3 is 0 Å². The third kappa shape index (κ3) is 4.29. The molecule has 0 saturated heterocycles. The van der Waals surface area contributed by atoms with Gasteiger partial charge in [0.25, 0.3) is 0 Å². The second-order valence-corrected chi connectivity index (χ2v) is 6.73. The number of anilines is 1. The Balaban J connectivity index is 1.56. The molecule has 0 fully saturated rings. The van der Waals surface area contributed by atoms with Crippen molar-refractivity contribution in [3.05, 3.63) is 60.9 Å². The van der Waals surface area contributed by atoms with Gasteiger partial charge < -0.3 is 4.74 Å². The highest BCUT2D eigenvalue weighted by Crippen LogP contribution is 2.14. The molecule has 8 nitrogen and oxygen atoms in total. The van der Waals surface area contributed by atoms with Gasteiger partial charge in [-0.05, 0) is 46.8 Å². The van der Waals surface area contributed by atoms with Crippen LogP contribution in [0, 0.1) is 0 Å². The molecule has 124 valence electrons. The fourth-order valence-corrected chi connectivity index (χ4v) is 2.88. The summed E-state index contributed by atoms with van der Waals surface area (Å²) < 4.78 is 33.5. The van der Waals surface area contributed by atoms with Crippen molar-refractivity contribution in [1.82, 2.24) is 20.2 Å². The third-order valence-electron chi connectivity index (χ3n) is 3.12. The molecule has 0 aliphatic carbocycles. The predicted octanol–water partition coefficient (Wildman–Crippen LogP) is 1.48. The summed E-state index contributed by atoms with van der Waals surface area (Å²) in [6.07, 6.45) is 1.46. The third-order valence-corrected chi connectivity index (χ3v) is 4.37. The molecule has 0 aliphatic rings. The summed E-state index contributed by atoms with van der Waals surface area (Å²) >= 11 is 0. The lowest BCUT2D eigenvalue weighted by atomic mass is 10.3. The van der Waals surface area contributed by atoms with Crippen molar-refractivity contribution in [2.45, 2.75) is 0 Å². The molecule has 0 radical (unpaired) electrons. The Morgan fingerprint density at radius 3 is 2.46 bits per heavy atom. The molecular formula is C15H15N5O3S. The quantitative estimate of drug-likeness (QED) is 0.696. The van der Waals surface area contributed by atoms with Crippen LogP contribution in [0.5, 0.6) is 5.75 Å². The van der Waals surface area contributed by atoms with Crippen molar-refractivity contribution in [2.24, 2.45) is 0 Å². The molecule has 0 aliphatic heterocycles. The van der Waals surface area contributed by atoms with Crippen LogP contribution in [0.1, 0.15) is 0 Å². The summed E-state index contributed by atoms with van der Waals surface area (Å²) in [4.78, 5) is 0. The summed E-state index contributed by atoms with van der Waals surface area (Å²) in [5, 5.41) is 10.9. The highest BCUT2D eigenvalue weighted by atomic mass is 32.2. The maximum Gasteiger partial charge on any atom is 0.236 e. The van der Waals surface area contributed by atoms with Crippen molar-refractivity contribution in [2.75, 3.05) is 17.1 Å². The molecule has 1 aromatic heterocycles. The zero-order valence-electron chi connectivity index (χ0n) is 12.6. The number of rotatable bonds is 7. The minimum Gasteiger partial charge on any atom is -0.492 e. The summed E-state index contributed by atoms with van der Waals surface area (Å²) in [5.74, 6) is 0.495. The van der Waals surface area contributed by atoms with Crippen LogP contribution in [0.25, 0.3) is 5.69 Å². The summed E-state index contributed by atoms with van der Waals surface area (Å²) in [7, 11) is -3.49. The maximum absolute atomic E-state index is 12.1. The van der Waals surface area contributed by atoms with Gasteiger partial charge in [0.2, 0.25) is 10.0 Å². The van der Waals surface area contributed by atoms with E-state index in [1.165, 1.54) is 11.0 Å². The van der Waals surface area contributed by atoms with Crippen LogP contribution in [-0.4, -0.2) is 41.0 Å². The number of hydrogen-bond donors (Lipinski definition) is 1. The molecular weight excluding hydrogens is 330 g/mol.